The van der Waals surface area contributed by atoms with E-state index >= 15 is 0 Å². The third kappa shape index (κ3) is 2.22. The first-order valence-corrected chi connectivity index (χ1v) is 6.72. The van der Waals surface area contributed by atoms with E-state index in [-0.39, 0.29) is 0 Å². The van der Waals surface area contributed by atoms with E-state index in [0.29, 0.717) is 6.04 Å². The van der Waals surface area contributed by atoms with Crippen molar-refractivity contribution in [1.29, 1.82) is 0 Å². The highest BCUT2D eigenvalue weighted by Gasteiger charge is 2.18. The number of halogens is 1. The summed E-state index contributed by atoms with van der Waals surface area (Å²) in [5.41, 5.74) is 4.05. The molecule has 0 amide bonds. The Bertz CT molecular complexity index is 522. The monoisotopic (exact) mass is 287 g/mol. The Balaban J connectivity index is 1.90. The molecule has 1 N–H and O–H groups in total. The van der Waals surface area contributed by atoms with Crippen LogP contribution in [-0.2, 0) is 6.42 Å². The summed E-state index contributed by atoms with van der Waals surface area (Å²) >= 11 is 3.53. The third-order valence-electron chi connectivity index (χ3n) is 3.31. The molecule has 86 valence electrons. The summed E-state index contributed by atoms with van der Waals surface area (Å²) in [5, 5.41) is 3.62. The Morgan fingerprint density at radius 1 is 1.06 bits per heavy atom. The molecule has 0 saturated heterocycles. The van der Waals surface area contributed by atoms with Crippen LogP contribution in [0.15, 0.2) is 53.0 Å². The van der Waals surface area contributed by atoms with Crippen LogP contribution in [0.1, 0.15) is 23.6 Å². The van der Waals surface area contributed by atoms with E-state index < -0.39 is 0 Å². The van der Waals surface area contributed by atoms with Crippen LogP contribution in [-0.4, -0.2) is 0 Å². The zero-order valence-electron chi connectivity index (χ0n) is 9.49. The van der Waals surface area contributed by atoms with E-state index in [1.54, 1.807) is 0 Å². The smallest absolute Gasteiger partial charge is 0.0517 e. The average Bonchev–Trinajstić information content (AvgIpc) is 2.39. The summed E-state index contributed by atoms with van der Waals surface area (Å²) in [4.78, 5) is 0. The van der Waals surface area contributed by atoms with Crippen LogP contribution in [0.2, 0.25) is 0 Å². The van der Waals surface area contributed by atoms with Gasteiger partial charge in [0.2, 0.25) is 0 Å². The van der Waals surface area contributed by atoms with Gasteiger partial charge in [0.25, 0.3) is 0 Å². The molecule has 1 aliphatic rings. The van der Waals surface area contributed by atoms with Crippen molar-refractivity contribution in [2.75, 3.05) is 5.32 Å². The molecule has 1 atom stereocenters. The largest absolute Gasteiger partial charge is 0.378 e. The van der Waals surface area contributed by atoms with E-state index in [1.165, 1.54) is 23.2 Å². The molecule has 0 bridgehead atoms. The average molecular weight is 288 g/mol. The van der Waals surface area contributed by atoms with Crippen molar-refractivity contribution in [2.24, 2.45) is 0 Å². The lowest BCUT2D eigenvalue weighted by molar-refractivity contribution is 0.668. The lowest BCUT2D eigenvalue weighted by Gasteiger charge is -2.27. The minimum Gasteiger partial charge on any atom is -0.378 e. The molecule has 0 fully saturated rings. The topological polar surface area (TPSA) is 12.0 Å². The Morgan fingerprint density at radius 3 is 2.71 bits per heavy atom. The molecule has 2 aromatic carbocycles. The molecular weight excluding hydrogens is 274 g/mol. The van der Waals surface area contributed by atoms with Gasteiger partial charge in [0, 0.05) is 10.2 Å². The van der Waals surface area contributed by atoms with Crippen molar-refractivity contribution >= 4 is 21.6 Å². The van der Waals surface area contributed by atoms with Gasteiger partial charge >= 0.3 is 0 Å². The summed E-state index contributed by atoms with van der Waals surface area (Å²) in [7, 11) is 0. The molecule has 1 heterocycles. The van der Waals surface area contributed by atoms with Crippen molar-refractivity contribution in [3.05, 3.63) is 64.1 Å². The molecule has 0 radical (unpaired) electrons. The highest BCUT2D eigenvalue weighted by Crippen LogP contribution is 2.33. The fraction of sp³-hybridized carbons (Fsp3) is 0.200. The van der Waals surface area contributed by atoms with Gasteiger partial charge in [0.05, 0.1) is 6.04 Å². The van der Waals surface area contributed by atoms with E-state index in [9.17, 15) is 0 Å². The Kier molecular flexibility index (Phi) is 2.89. The van der Waals surface area contributed by atoms with Crippen LogP contribution in [0.4, 0.5) is 5.69 Å². The second-order valence-electron chi connectivity index (χ2n) is 4.45. The molecule has 3 rings (SSSR count). The first kappa shape index (κ1) is 10.8. The highest BCUT2D eigenvalue weighted by atomic mass is 79.9. The minimum atomic E-state index is 0.443. The number of nitrogens with one attached hydrogen (secondary N) is 1. The minimum absolute atomic E-state index is 0.443. The van der Waals surface area contributed by atoms with Crippen molar-refractivity contribution in [1.82, 2.24) is 0 Å². The zero-order chi connectivity index (χ0) is 11.7. The maximum absolute atomic E-state index is 3.62. The summed E-state index contributed by atoms with van der Waals surface area (Å²) < 4.78 is 1.14. The second kappa shape index (κ2) is 4.53. The van der Waals surface area contributed by atoms with Crippen molar-refractivity contribution < 1.29 is 0 Å². The number of hydrogen-bond acceptors (Lipinski definition) is 1. The predicted octanol–water partition coefficient (Wildman–Crippen LogP) is 4.55. The molecule has 2 aromatic rings. The number of fused-ring (bicyclic) bond motifs is 1. The summed E-state index contributed by atoms with van der Waals surface area (Å²) in [6.45, 7) is 0. The molecule has 1 nitrogen and oxygen atoms in total. The second-order valence-corrected chi connectivity index (χ2v) is 5.36. The van der Waals surface area contributed by atoms with Crippen molar-refractivity contribution in [3.8, 4) is 0 Å². The van der Waals surface area contributed by atoms with Crippen LogP contribution >= 0.6 is 15.9 Å². The van der Waals surface area contributed by atoms with Crippen molar-refractivity contribution in [3.63, 3.8) is 0 Å². The summed E-state index contributed by atoms with van der Waals surface area (Å²) in [6, 6.07) is 17.6. The SMILES string of the molecule is Brc1ccc2c(c1)NC(c1ccccc1)CC2. The molecule has 1 unspecified atom stereocenters. The van der Waals surface area contributed by atoms with Gasteiger partial charge in [0.15, 0.2) is 0 Å². The number of rotatable bonds is 1. The number of aryl methyl sites for hydroxylation is 1. The van der Waals surface area contributed by atoms with E-state index in [1.807, 2.05) is 0 Å². The standard InChI is InChI=1S/C15H14BrN/c16-13-8-6-12-7-9-14(17-15(12)10-13)11-4-2-1-3-5-11/h1-6,8,10,14,17H,7,9H2. The van der Waals surface area contributed by atoms with Crippen LogP contribution in [0.5, 0.6) is 0 Å². The van der Waals surface area contributed by atoms with Gasteiger partial charge in [-0.25, -0.2) is 0 Å². The van der Waals surface area contributed by atoms with Gasteiger partial charge in [-0.15, -0.1) is 0 Å². The van der Waals surface area contributed by atoms with E-state index in [0.717, 1.165) is 10.9 Å². The fourth-order valence-electron chi connectivity index (χ4n) is 2.40. The van der Waals surface area contributed by atoms with E-state index in [2.05, 4.69) is 69.8 Å². The Labute approximate surface area is 110 Å². The molecule has 2 heteroatoms. The third-order valence-corrected chi connectivity index (χ3v) is 3.80. The Hall–Kier alpha value is -1.28. The maximum Gasteiger partial charge on any atom is 0.0517 e. The maximum atomic E-state index is 3.62. The number of anilines is 1. The summed E-state index contributed by atoms with van der Waals surface area (Å²) in [5.74, 6) is 0. The summed E-state index contributed by atoms with van der Waals surface area (Å²) in [6.07, 6.45) is 2.31. The molecule has 0 aliphatic carbocycles. The lowest BCUT2D eigenvalue weighted by Crippen LogP contribution is -2.17. The van der Waals surface area contributed by atoms with Gasteiger partial charge in [-0.05, 0) is 36.1 Å². The number of benzene rings is 2. The number of hydrogen-bond donors (Lipinski definition) is 1. The lowest BCUT2D eigenvalue weighted by atomic mass is 9.93. The van der Waals surface area contributed by atoms with Gasteiger partial charge in [-0.2, -0.15) is 0 Å². The molecule has 1 aliphatic heterocycles. The Morgan fingerprint density at radius 2 is 1.88 bits per heavy atom. The van der Waals surface area contributed by atoms with Gasteiger partial charge in [-0.3, -0.25) is 0 Å². The van der Waals surface area contributed by atoms with E-state index in [4.69, 9.17) is 0 Å². The van der Waals surface area contributed by atoms with Crippen LogP contribution in [0.3, 0.4) is 0 Å². The molecular formula is C15H14BrN. The quantitative estimate of drug-likeness (QED) is 0.811. The normalized spacial score (nSPS) is 18.3. The fourth-order valence-corrected chi connectivity index (χ4v) is 2.76. The van der Waals surface area contributed by atoms with Gasteiger partial charge in [-0.1, -0.05) is 52.3 Å². The molecule has 0 aromatic heterocycles. The first-order chi connectivity index (χ1) is 8.33. The van der Waals surface area contributed by atoms with Crippen LogP contribution in [0.25, 0.3) is 0 Å². The molecule has 0 spiro atoms. The van der Waals surface area contributed by atoms with Gasteiger partial charge < -0.3 is 5.32 Å². The van der Waals surface area contributed by atoms with Gasteiger partial charge in [0.1, 0.15) is 0 Å². The van der Waals surface area contributed by atoms with Crippen LogP contribution in [0, 0.1) is 0 Å². The molecule has 0 saturated carbocycles. The van der Waals surface area contributed by atoms with Crippen molar-refractivity contribution in [2.45, 2.75) is 18.9 Å². The first-order valence-electron chi connectivity index (χ1n) is 5.93. The predicted molar refractivity (Wildman–Crippen MR) is 75.3 cm³/mol. The van der Waals surface area contributed by atoms with Crippen LogP contribution < -0.4 is 5.32 Å². The zero-order valence-corrected chi connectivity index (χ0v) is 11.1. The highest BCUT2D eigenvalue weighted by molar-refractivity contribution is 9.10. The molecule has 17 heavy (non-hydrogen) atoms.